The fraction of sp³-hybridized carbons (Fsp3) is 0.469. The van der Waals surface area contributed by atoms with Gasteiger partial charge in [-0.3, -0.25) is 9.97 Å². The highest BCUT2D eigenvalue weighted by Crippen LogP contribution is 2.48. The summed E-state index contributed by atoms with van der Waals surface area (Å²) in [6, 6.07) is 13.9. The molecule has 0 aromatic carbocycles. The van der Waals surface area contributed by atoms with Crippen molar-refractivity contribution in [3.63, 3.8) is 0 Å². The molecule has 0 aliphatic rings. The van der Waals surface area contributed by atoms with E-state index in [9.17, 15) is 0 Å². The highest BCUT2D eigenvalue weighted by atomic mass is 32.1. The molecule has 9 rings (SSSR count). The largest absolute Gasteiger partial charge is 0.339 e. The molecule has 0 spiro atoms. The maximum atomic E-state index is 5.21. The summed E-state index contributed by atoms with van der Waals surface area (Å²) in [6.07, 6.45) is 20.2. The lowest BCUT2D eigenvalue weighted by molar-refractivity contribution is 0.401. The van der Waals surface area contributed by atoms with Crippen LogP contribution in [-0.2, 0) is 19.4 Å². The molecule has 0 fully saturated rings. The first kappa shape index (κ1) is 43.8. The Morgan fingerprint density at radius 2 is 1.02 bits per heavy atom. The molecule has 13 heteroatoms. The summed E-state index contributed by atoms with van der Waals surface area (Å²) < 4.78 is 24.7. The van der Waals surface area contributed by atoms with Gasteiger partial charge in [-0.25, -0.2) is 0 Å². The molecule has 0 bridgehead atoms. The molecule has 0 saturated heterocycles. The number of pyridine rings is 2. The molecule has 7 nitrogen and oxygen atoms in total. The normalized spacial score (nSPS) is 13.3. The van der Waals surface area contributed by atoms with Crippen molar-refractivity contribution in [3.05, 3.63) is 58.5 Å². The summed E-state index contributed by atoms with van der Waals surface area (Å²) in [5.41, 5.74) is 10.3. The Kier molecular flexibility index (Phi) is 13.9. The van der Waals surface area contributed by atoms with Crippen molar-refractivity contribution in [1.82, 2.24) is 32.0 Å². The average Bonchev–Trinajstić information content (AvgIpc) is 4.15. The monoisotopic (exact) mass is 935 g/mol. The second-order valence-electron chi connectivity index (χ2n) is 17.2. The lowest BCUT2D eigenvalue weighted by atomic mass is 9.92. The third kappa shape index (κ3) is 8.83. The minimum Gasteiger partial charge on any atom is -0.339 e. The number of fused-ring (bicyclic) bond motifs is 5. The highest BCUT2D eigenvalue weighted by Gasteiger charge is 2.25. The molecule has 0 aliphatic heterocycles. The molecular weight excluding hydrogens is 879 g/mol. The maximum absolute atomic E-state index is 5.21. The molecule has 9 aromatic heterocycles. The Morgan fingerprint density at radius 1 is 0.532 bits per heavy atom. The first-order valence-electron chi connectivity index (χ1n) is 22.9. The van der Waals surface area contributed by atoms with Gasteiger partial charge in [0.15, 0.2) is 0 Å². The van der Waals surface area contributed by atoms with E-state index in [0.29, 0.717) is 11.8 Å². The summed E-state index contributed by atoms with van der Waals surface area (Å²) in [6.45, 7) is 14.8. The van der Waals surface area contributed by atoms with Crippen LogP contribution in [0, 0.1) is 17.8 Å². The second kappa shape index (κ2) is 19.7. The van der Waals surface area contributed by atoms with Crippen molar-refractivity contribution in [2.75, 3.05) is 0 Å². The third-order valence-corrected chi connectivity index (χ3v) is 18.5. The number of aromatic nitrogens is 7. The first-order valence-corrected chi connectivity index (χ1v) is 27.6. The second-order valence-corrected chi connectivity index (χ2v) is 22.7. The van der Waals surface area contributed by atoms with Crippen LogP contribution in [0.5, 0.6) is 0 Å². The molecule has 0 amide bonds. The third-order valence-electron chi connectivity index (χ3n) is 12.8. The Hall–Kier alpha value is -3.46. The van der Waals surface area contributed by atoms with Gasteiger partial charge < -0.3 is 4.57 Å². The molecule has 324 valence electrons. The van der Waals surface area contributed by atoms with Gasteiger partial charge in [0.05, 0.1) is 53.6 Å². The number of thiophene rings is 4. The molecule has 9 heterocycles. The van der Waals surface area contributed by atoms with Crippen molar-refractivity contribution in [2.45, 2.75) is 132 Å². The lowest BCUT2D eigenvalue weighted by Gasteiger charge is -2.16. The lowest BCUT2D eigenvalue weighted by Crippen LogP contribution is -2.09. The first-order chi connectivity index (χ1) is 30.4. The highest BCUT2D eigenvalue weighted by molar-refractivity contribution is 7.30. The van der Waals surface area contributed by atoms with Crippen LogP contribution in [0.15, 0.2) is 48.8 Å². The Morgan fingerprint density at radius 3 is 1.50 bits per heavy atom. The standard InChI is InChI=1S/C49H57N7S6/c1-7-12-15-30(11-5)28-56-36-24-40(44-46-42(52-61-54-46)34(26-50-44)38-20-18-32(57-38)22-29(6)10-4)59-48(36)49-37(56)25-41(60-49)45-47-43(53-62-55-47)35(27-51-45)39-21-19-33(58-39)23-31(16-13-8-2)17-14-9-3/h18-21,24-27,29-31H,7-17,22-23,28H2,1-6H3. The van der Waals surface area contributed by atoms with E-state index in [4.69, 9.17) is 27.5 Å². The van der Waals surface area contributed by atoms with E-state index >= 15 is 0 Å². The van der Waals surface area contributed by atoms with Crippen molar-refractivity contribution in [3.8, 4) is 42.0 Å². The van der Waals surface area contributed by atoms with E-state index in [2.05, 4.69) is 88.7 Å². The fourth-order valence-electron chi connectivity index (χ4n) is 8.86. The summed E-state index contributed by atoms with van der Waals surface area (Å²) in [5, 5.41) is 0. The van der Waals surface area contributed by atoms with Gasteiger partial charge in [-0.05, 0) is 73.4 Å². The van der Waals surface area contributed by atoms with Crippen LogP contribution in [0.3, 0.4) is 0 Å². The van der Waals surface area contributed by atoms with Gasteiger partial charge in [0.2, 0.25) is 0 Å². The molecule has 62 heavy (non-hydrogen) atoms. The van der Waals surface area contributed by atoms with Gasteiger partial charge in [0, 0.05) is 49.6 Å². The van der Waals surface area contributed by atoms with Gasteiger partial charge in [-0.1, -0.05) is 106 Å². The zero-order valence-corrected chi connectivity index (χ0v) is 41.7. The van der Waals surface area contributed by atoms with Gasteiger partial charge >= 0.3 is 0 Å². The zero-order chi connectivity index (χ0) is 42.7. The topological polar surface area (TPSA) is 82.3 Å². The van der Waals surface area contributed by atoms with Crippen LogP contribution in [-0.4, -0.2) is 32.0 Å². The van der Waals surface area contributed by atoms with Crippen molar-refractivity contribution >= 4 is 111 Å². The molecule has 0 saturated carbocycles. The van der Waals surface area contributed by atoms with E-state index in [1.807, 2.05) is 51.5 Å². The van der Waals surface area contributed by atoms with Gasteiger partial charge in [-0.2, -0.15) is 17.5 Å². The van der Waals surface area contributed by atoms with Crippen LogP contribution in [0.4, 0.5) is 0 Å². The van der Waals surface area contributed by atoms with E-state index in [0.717, 1.165) is 86.1 Å². The fourth-order valence-corrected chi connectivity index (χ4v) is 14.8. The maximum Gasteiger partial charge on any atom is 0.132 e. The number of rotatable bonds is 21. The van der Waals surface area contributed by atoms with Crippen molar-refractivity contribution in [2.24, 2.45) is 17.8 Å². The summed E-state index contributed by atoms with van der Waals surface area (Å²) in [5.74, 6) is 2.02. The van der Waals surface area contributed by atoms with Crippen LogP contribution in [0.25, 0.3) is 84.5 Å². The summed E-state index contributed by atoms with van der Waals surface area (Å²) in [7, 11) is 0. The van der Waals surface area contributed by atoms with Gasteiger partial charge in [-0.15, -0.1) is 45.3 Å². The number of unbranched alkanes of at least 4 members (excludes halogenated alkanes) is 3. The minimum absolute atomic E-state index is 0.597. The predicted octanol–water partition coefficient (Wildman–Crippen LogP) is 16.9. The Bertz CT molecular complexity index is 2890. The summed E-state index contributed by atoms with van der Waals surface area (Å²) >= 11 is 10.0. The number of hydrogen-bond acceptors (Lipinski definition) is 12. The Labute approximate surface area is 390 Å². The van der Waals surface area contributed by atoms with E-state index in [1.54, 1.807) is 0 Å². The van der Waals surface area contributed by atoms with Crippen LogP contribution in [0.1, 0.15) is 122 Å². The van der Waals surface area contributed by atoms with E-state index < -0.39 is 0 Å². The Balaban J connectivity index is 1.08. The molecule has 9 aromatic rings. The SMILES string of the molecule is CCCCC(CCCC)Cc1ccc(-c2cnc(-c3cc4c(s3)c3sc(-c5ncc(-c6ccc(CC(C)CC)s6)c6nsnc56)cc3n4CC(CC)CCCC)c3nsnc23)s1. The van der Waals surface area contributed by atoms with Gasteiger partial charge in [0.25, 0.3) is 0 Å². The quantitative estimate of drug-likeness (QED) is 0.0714. The van der Waals surface area contributed by atoms with Crippen LogP contribution >= 0.6 is 68.8 Å². The van der Waals surface area contributed by atoms with E-state index in [1.165, 1.54) is 128 Å². The molecule has 2 atom stereocenters. The molecular formula is C49H57N7S6. The number of nitrogens with zero attached hydrogens (tertiary/aromatic N) is 7. The van der Waals surface area contributed by atoms with E-state index in [-0.39, 0.29) is 0 Å². The molecule has 2 unspecified atom stereocenters. The number of hydrogen-bond donors (Lipinski definition) is 0. The predicted molar refractivity (Wildman–Crippen MR) is 273 cm³/mol. The molecule has 0 aliphatic carbocycles. The molecule has 0 N–H and O–H groups in total. The summed E-state index contributed by atoms with van der Waals surface area (Å²) in [4.78, 5) is 18.0. The zero-order valence-electron chi connectivity index (χ0n) is 36.8. The average molecular weight is 936 g/mol. The molecule has 0 radical (unpaired) electrons. The van der Waals surface area contributed by atoms with Gasteiger partial charge in [0.1, 0.15) is 33.5 Å². The minimum atomic E-state index is 0.597. The smallest absolute Gasteiger partial charge is 0.132 e. The van der Waals surface area contributed by atoms with Crippen LogP contribution in [0.2, 0.25) is 0 Å². The van der Waals surface area contributed by atoms with Crippen LogP contribution < -0.4 is 0 Å². The van der Waals surface area contributed by atoms with Crippen molar-refractivity contribution < 1.29 is 0 Å². The van der Waals surface area contributed by atoms with Crippen molar-refractivity contribution in [1.29, 1.82) is 0 Å².